The smallest absolute Gasteiger partial charge is 0.159 e. The van der Waals surface area contributed by atoms with Gasteiger partial charge in [0.25, 0.3) is 0 Å². The number of rotatable bonds is 4. The Kier molecular flexibility index (Phi) is 6.21. The highest BCUT2D eigenvalue weighted by atomic mass is 15.2. The molecule has 4 heteroatoms. The maximum Gasteiger partial charge on any atom is 0.159 e. The average Bonchev–Trinajstić information content (AvgIpc) is 3.53. The van der Waals surface area contributed by atoms with E-state index >= 15 is 0 Å². The van der Waals surface area contributed by atoms with Gasteiger partial charge in [0, 0.05) is 27.6 Å². The third kappa shape index (κ3) is 4.53. The Morgan fingerprint density at radius 2 is 1.08 bits per heavy atom. The van der Waals surface area contributed by atoms with Crippen molar-refractivity contribution in [1.29, 1.82) is 0 Å². The first kappa shape index (κ1) is 27.6. The summed E-state index contributed by atoms with van der Waals surface area (Å²) in [6, 6.07) is 60.4. The van der Waals surface area contributed by atoms with E-state index < -0.39 is 0 Å². The topological polar surface area (TPSA) is 41.7 Å². The van der Waals surface area contributed by atoms with Crippen LogP contribution < -0.4 is 5.32 Å². The predicted octanol–water partition coefficient (Wildman–Crippen LogP) is 10.7. The monoisotopic (exact) mass is 626 g/mol. The second-order valence-electron chi connectivity index (χ2n) is 12.7. The van der Waals surface area contributed by atoms with Gasteiger partial charge in [-0.3, -0.25) is 0 Å². The maximum atomic E-state index is 5.18. The lowest BCUT2D eigenvalue weighted by Gasteiger charge is -2.24. The van der Waals surface area contributed by atoms with Gasteiger partial charge in [0.2, 0.25) is 0 Å². The number of hydrogen-bond donors (Lipinski definition) is 1. The molecule has 4 nitrogen and oxygen atoms in total. The van der Waals surface area contributed by atoms with Gasteiger partial charge < -0.3 is 9.88 Å². The van der Waals surface area contributed by atoms with Crippen molar-refractivity contribution in [3.8, 4) is 5.69 Å². The zero-order valence-corrected chi connectivity index (χ0v) is 26.6. The molecule has 1 aliphatic rings. The molecule has 0 saturated heterocycles. The first-order chi connectivity index (χ1) is 24.3. The summed E-state index contributed by atoms with van der Waals surface area (Å²) in [6.07, 6.45) is -0.273. The molecule has 10 rings (SSSR count). The summed E-state index contributed by atoms with van der Waals surface area (Å²) in [5.41, 5.74) is 6.53. The van der Waals surface area contributed by atoms with Crippen molar-refractivity contribution in [2.45, 2.75) is 6.17 Å². The molecule has 0 radical (unpaired) electrons. The second-order valence-corrected chi connectivity index (χ2v) is 12.7. The van der Waals surface area contributed by atoms with Gasteiger partial charge in [-0.05, 0) is 68.2 Å². The third-order valence-electron chi connectivity index (χ3n) is 9.79. The molecule has 2 heterocycles. The van der Waals surface area contributed by atoms with Crippen molar-refractivity contribution >= 4 is 65.8 Å². The molecule has 0 fully saturated rings. The number of nitrogens with one attached hydrogen (secondary N) is 1. The van der Waals surface area contributed by atoms with Crippen LogP contribution in [-0.2, 0) is 0 Å². The SMILES string of the molecule is c1ccc(C2N=C(c3ccc4ccccc4c3)N=C(c3cccc(-n4c5ccc6ccccc6c5c5c6ccccc6ccc54)c3)N2)cc1. The summed E-state index contributed by atoms with van der Waals surface area (Å²) in [4.78, 5) is 10.3. The normalized spacial score (nSPS) is 14.7. The fraction of sp³-hybridized carbons (Fsp3) is 0.0222. The number of aromatic nitrogens is 1. The molecule has 1 aliphatic heterocycles. The van der Waals surface area contributed by atoms with E-state index in [9.17, 15) is 0 Å². The average molecular weight is 627 g/mol. The van der Waals surface area contributed by atoms with E-state index in [1.165, 1.54) is 54.1 Å². The zero-order chi connectivity index (χ0) is 32.3. The van der Waals surface area contributed by atoms with Crippen molar-refractivity contribution in [3.05, 3.63) is 187 Å². The van der Waals surface area contributed by atoms with Crippen molar-refractivity contribution in [3.63, 3.8) is 0 Å². The van der Waals surface area contributed by atoms with Crippen LogP contribution in [0.25, 0.3) is 59.8 Å². The van der Waals surface area contributed by atoms with E-state index in [0.29, 0.717) is 5.84 Å². The summed E-state index contributed by atoms with van der Waals surface area (Å²) < 4.78 is 2.41. The van der Waals surface area contributed by atoms with E-state index in [2.05, 4.69) is 174 Å². The van der Waals surface area contributed by atoms with Gasteiger partial charge in [-0.25, -0.2) is 9.98 Å². The molecule has 0 spiro atoms. The van der Waals surface area contributed by atoms with E-state index in [4.69, 9.17) is 9.98 Å². The molecule has 0 amide bonds. The predicted molar refractivity (Wildman–Crippen MR) is 205 cm³/mol. The number of nitrogens with zero attached hydrogens (tertiary/aromatic N) is 3. The Bertz CT molecular complexity index is 2710. The lowest BCUT2D eigenvalue weighted by atomic mass is 10.00. The highest BCUT2D eigenvalue weighted by Gasteiger charge is 2.22. The molecule has 1 aromatic heterocycles. The molecule has 49 heavy (non-hydrogen) atoms. The van der Waals surface area contributed by atoms with Crippen LogP contribution in [0.4, 0.5) is 0 Å². The van der Waals surface area contributed by atoms with E-state index in [-0.39, 0.29) is 6.17 Å². The van der Waals surface area contributed by atoms with Crippen LogP contribution in [-0.4, -0.2) is 16.2 Å². The van der Waals surface area contributed by atoms with E-state index in [0.717, 1.165) is 28.2 Å². The van der Waals surface area contributed by atoms with Crippen LogP contribution in [0.5, 0.6) is 0 Å². The molecule has 0 bridgehead atoms. The van der Waals surface area contributed by atoms with Crippen molar-refractivity contribution in [2.24, 2.45) is 9.98 Å². The summed E-state index contributed by atoms with van der Waals surface area (Å²) in [5, 5.41) is 13.6. The van der Waals surface area contributed by atoms with Crippen LogP contribution in [0.2, 0.25) is 0 Å². The Morgan fingerprint density at radius 1 is 0.469 bits per heavy atom. The Labute approximate surface area is 283 Å². The van der Waals surface area contributed by atoms with E-state index in [1.807, 2.05) is 6.07 Å². The maximum absolute atomic E-state index is 5.18. The highest BCUT2D eigenvalue weighted by molar-refractivity contribution is 6.28. The largest absolute Gasteiger partial charge is 0.344 e. The summed E-state index contributed by atoms with van der Waals surface area (Å²) in [7, 11) is 0. The standard InChI is InChI=1S/C45H30N4/c1-2-14-32(15-3-1)43-46-44(48-45(47-43)35-22-21-29-11-4-5-16-33(29)27-35)34-17-10-18-36(28-34)49-39-25-23-30-12-6-8-19-37(30)41(39)42-38-20-9-7-13-31(38)24-26-40(42)49/h1-28,43H,(H,46,47,48). The molecule has 0 saturated carbocycles. The first-order valence-electron chi connectivity index (χ1n) is 16.7. The number of benzene rings is 8. The quantitative estimate of drug-likeness (QED) is 0.207. The van der Waals surface area contributed by atoms with Crippen molar-refractivity contribution in [1.82, 2.24) is 9.88 Å². The third-order valence-corrected chi connectivity index (χ3v) is 9.79. The van der Waals surface area contributed by atoms with Gasteiger partial charge in [-0.1, -0.05) is 140 Å². The minimum Gasteiger partial charge on any atom is -0.344 e. The number of amidine groups is 2. The molecule has 9 aromatic rings. The lowest BCUT2D eigenvalue weighted by molar-refractivity contribution is 0.674. The molecule has 0 aliphatic carbocycles. The summed E-state index contributed by atoms with van der Waals surface area (Å²) in [5.74, 6) is 1.51. The van der Waals surface area contributed by atoms with Gasteiger partial charge in [0.15, 0.2) is 5.84 Å². The minimum atomic E-state index is -0.273. The lowest BCUT2D eigenvalue weighted by Crippen LogP contribution is -2.33. The van der Waals surface area contributed by atoms with Crippen LogP contribution in [0, 0.1) is 0 Å². The van der Waals surface area contributed by atoms with Gasteiger partial charge in [0.1, 0.15) is 12.0 Å². The van der Waals surface area contributed by atoms with Gasteiger partial charge in [-0.2, -0.15) is 0 Å². The number of fused-ring (bicyclic) bond motifs is 8. The Balaban J connectivity index is 1.17. The molecular formula is C45H30N4. The molecule has 1 atom stereocenters. The molecular weight excluding hydrogens is 597 g/mol. The fourth-order valence-electron chi connectivity index (χ4n) is 7.48. The van der Waals surface area contributed by atoms with Crippen LogP contribution in [0.15, 0.2) is 180 Å². The van der Waals surface area contributed by atoms with Crippen LogP contribution in [0.3, 0.4) is 0 Å². The number of hydrogen-bond acceptors (Lipinski definition) is 3. The van der Waals surface area contributed by atoms with Crippen LogP contribution in [0.1, 0.15) is 22.9 Å². The summed E-state index contributed by atoms with van der Waals surface area (Å²) in [6.45, 7) is 0. The number of aliphatic imine (C=N–C) groups is 2. The van der Waals surface area contributed by atoms with Crippen LogP contribution >= 0.6 is 0 Å². The van der Waals surface area contributed by atoms with Gasteiger partial charge in [-0.15, -0.1) is 0 Å². The van der Waals surface area contributed by atoms with Crippen molar-refractivity contribution < 1.29 is 0 Å². The highest BCUT2D eigenvalue weighted by Crippen LogP contribution is 2.40. The van der Waals surface area contributed by atoms with E-state index in [1.54, 1.807) is 0 Å². The Morgan fingerprint density at radius 3 is 1.80 bits per heavy atom. The summed E-state index contributed by atoms with van der Waals surface area (Å²) >= 11 is 0. The molecule has 230 valence electrons. The second kappa shape index (κ2) is 11.0. The first-order valence-corrected chi connectivity index (χ1v) is 16.7. The van der Waals surface area contributed by atoms with Crippen molar-refractivity contribution in [2.75, 3.05) is 0 Å². The fourth-order valence-corrected chi connectivity index (χ4v) is 7.48. The minimum absolute atomic E-state index is 0.273. The van der Waals surface area contributed by atoms with Gasteiger partial charge >= 0.3 is 0 Å². The van der Waals surface area contributed by atoms with Gasteiger partial charge in [0.05, 0.1) is 11.0 Å². The molecule has 1 unspecified atom stereocenters. The molecule has 8 aromatic carbocycles. The Hall–Kier alpha value is -6.52. The zero-order valence-electron chi connectivity index (χ0n) is 26.6. The molecule has 1 N–H and O–H groups in total.